The highest BCUT2D eigenvalue weighted by atomic mass is 35.5. The number of hydrogen-bond acceptors (Lipinski definition) is 7. The first kappa shape index (κ1) is 33.8. The number of amides is 1. The zero-order valence-electron chi connectivity index (χ0n) is 27.8. The van der Waals surface area contributed by atoms with Gasteiger partial charge in [0.1, 0.15) is 5.75 Å². The Hall–Kier alpha value is -3.04. The molecule has 2 aliphatic carbocycles. The summed E-state index contributed by atoms with van der Waals surface area (Å²) in [5, 5.41) is -0.126. The van der Waals surface area contributed by atoms with Crippen molar-refractivity contribution in [3.8, 4) is 5.75 Å². The molecule has 1 saturated carbocycles. The van der Waals surface area contributed by atoms with Gasteiger partial charge >= 0.3 is 5.97 Å². The van der Waals surface area contributed by atoms with Crippen molar-refractivity contribution in [2.45, 2.75) is 76.9 Å². The quantitative estimate of drug-likeness (QED) is 0.284. The largest absolute Gasteiger partial charge is 0.490 e. The third-order valence-corrected chi connectivity index (χ3v) is 13.5. The summed E-state index contributed by atoms with van der Waals surface area (Å²) in [6, 6.07) is 11.4. The Kier molecular flexibility index (Phi) is 9.69. The Labute approximate surface area is 284 Å². The van der Waals surface area contributed by atoms with E-state index in [0.717, 1.165) is 49.4 Å². The SMILES string of the molecule is CCOC(=O)[C@@H](C)[C@@H]1/C=C/[C@@H]2CC[C@H]2CN2C[C@@]3(CCCc4cc(Cl)ccc43)COc3ccc(cc32)C(=O)NS(=O)(=O)[C@H](C)[C@@H](C)C1. The Bertz CT molecular complexity index is 1660. The van der Waals surface area contributed by atoms with Crippen LogP contribution in [0.5, 0.6) is 5.75 Å². The van der Waals surface area contributed by atoms with Gasteiger partial charge in [-0.1, -0.05) is 43.7 Å². The second-order valence-electron chi connectivity index (χ2n) is 14.3. The first-order valence-electron chi connectivity index (χ1n) is 17.1. The highest BCUT2D eigenvalue weighted by Gasteiger charge is 2.43. The van der Waals surface area contributed by atoms with Crippen molar-refractivity contribution in [3.63, 3.8) is 0 Å². The number of fused-ring (bicyclic) bond motifs is 4. The molecule has 10 heteroatoms. The molecule has 2 bridgehead atoms. The van der Waals surface area contributed by atoms with E-state index in [1.807, 2.05) is 26.0 Å². The Morgan fingerprint density at radius 1 is 1.17 bits per heavy atom. The zero-order chi connectivity index (χ0) is 33.5. The van der Waals surface area contributed by atoms with Crippen LogP contribution in [0, 0.1) is 29.6 Å². The number of esters is 1. The van der Waals surface area contributed by atoms with Crippen LogP contribution in [0.3, 0.4) is 0 Å². The van der Waals surface area contributed by atoms with Crippen LogP contribution in [0.25, 0.3) is 0 Å². The number of anilines is 1. The normalized spacial score (nSPS) is 31.6. The van der Waals surface area contributed by atoms with Gasteiger partial charge in [-0.25, -0.2) is 13.1 Å². The van der Waals surface area contributed by atoms with E-state index in [1.54, 1.807) is 26.0 Å². The Morgan fingerprint density at radius 2 is 1.98 bits per heavy atom. The summed E-state index contributed by atoms with van der Waals surface area (Å²) in [5.41, 5.74) is 3.35. The van der Waals surface area contributed by atoms with Crippen molar-refractivity contribution >= 4 is 39.2 Å². The molecule has 1 N–H and O–H groups in total. The molecule has 2 aliphatic heterocycles. The minimum absolute atomic E-state index is 0.202. The molecule has 4 aliphatic rings. The number of carbonyl (C=O) groups excluding carboxylic acids is 2. The van der Waals surface area contributed by atoms with Gasteiger partial charge in [-0.2, -0.15) is 0 Å². The predicted molar refractivity (Wildman–Crippen MR) is 184 cm³/mol. The minimum atomic E-state index is -4.02. The molecule has 0 aromatic heterocycles. The summed E-state index contributed by atoms with van der Waals surface area (Å²) in [7, 11) is -4.02. The maximum atomic E-state index is 13.6. The van der Waals surface area contributed by atoms with Gasteiger partial charge < -0.3 is 14.4 Å². The molecule has 7 atom stereocenters. The standard InChI is InChI=1S/C37H47ClN2O6S/c1-5-45-36(42)24(3)27-10-8-26-9-11-30(26)20-40-21-37(16-6-7-28-18-31(38)13-14-32(28)37)22-46-34-15-12-29(19-33(34)40)35(41)39-47(43,44)25(4)23(2)17-27/h8,10,12-15,18-19,23-27,30H,5-7,9,11,16-17,20-22H2,1-4H3,(H,39,41)/b10-8+/t23-,24-,25+,26+,27+,30-,37-/m0/s1. The van der Waals surface area contributed by atoms with E-state index < -0.39 is 27.1 Å². The van der Waals surface area contributed by atoms with Crippen LogP contribution in [-0.2, 0) is 31.4 Å². The fourth-order valence-electron chi connectivity index (χ4n) is 8.00. The molecule has 0 radical (unpaired) electrons. The van der Waals surface area contributed by atoms with Gasteiger partial charge in [0.2, 0.25) is 10.0 Å². The lowest BCUT2D eigenvalue weighted by Crippen LogP contribution is -2.48. The summed E-state index contributed by atoms with van der Waals surface area (Å²) in [6.07, 6.45) is 9.94. The molecule has 47 heavy (non-hydrogen) atoms. The molecular weight excluding hydrogens is 636 g/mol. The monoisotopic (exact) mass is 682 g/mol. The van der Waals surface area contributed by atoms with Crippen LogP contribution in [0.15, 0.2) is 48.6 Å². The second-order valence-corrected chi connectivity index (χ2v) is 16.7. The lowest BCUT2D eigenvalue weighted by atomic mass is 9.69. The maximum absolute atomic E-state index is 13.6. The number of allylic oxidation sites excluding steroid dienone is 2. The topological polar surface area (TPSA) is 102 Å². The number of halogens is 1. The third kappa shape index (κ3) is 6.80. The van der Waals surface area contributed by atoms with E-state index in [2.05, 4.69) is 33.9 Å². The summed E-state index contributed by atoms with van der Waals surface area (Å²) >= 11 is 6.42. The molecule has 1 amide bonds. The molecule has 2 heterocycles. The highest BCUT2D eigenvalue weighted by molar-refractivity contribution is 7.90. The van der Waals surface area contributed by atoms with Gasteiger partial charge in [0.15, 0.2) is 0 Å². The highest BCUT2D eigenvalue weighted by Crippen LogP contribution is 2.46. The van der Waals surface area contributed by atoms with Crippen LogP contribution < -0.4 is 14.4 Å². The smallest absolute Gasteiger partial charge is 0.309 e. The molecule has 8 nitrogen and oxygen atoms in total. The van der Waals surface area contributed by atoms with Crippen molar-refractivity contribution < 1.29 is 27.5 Å². The van der Waals surface area contributed by atoms with Crippen molar-refractivity contribution in [2.75, 3.05) is 31.2 Å². The van der Waals surface area contributed by atoms with Gasteiger partial charge in [-0.3, -0.25) is 9.59 Å². The number of nitrogens with one attached hydrogen (secondary N) is 1. The van der Waals surface area contributed by atoms with Gasteiger partial charge in [0.05, 0.1) is 30.1 Å². The molecule has 1 spiro atoms. The number of ether oxygens (including phenoxy) is 2. The molecule has 0 saturated heterocycles. The van der Waals surface area contributed by atoms with Crippen LogP contribution in [0.1, 0.15) is 81.3 Å². The number of rotatable bonds is 3. The van der Waals surface area contributed by atoms with Gasteiger partial charge in [0, 0.05) is 29.1 Å². The van der Waals surface area contributed by atoms with E-state index in [4.69, 9.17) is 21.1 Å². The number of benzene rings is 2. The zero-order valence-corrected chi connectivity index (χ0v) is 29.4. The van der Waals surface area contributed by atoms with Gasteiger partial charge in [-0.05, 0) is 118 Å². The van der Waals surface area contributed by atoms with Crippen LogP contribution in [0.2, 0.25) is 5.02 Å². The van der Waals surface area contributed by atoms with Crippen molar-refractivity contribution in [3.05, 3.63) is 70.3 Å². The Morgan fingerprint density at radius 3 is 2.72 bits per heavy atom. The molecule has 1 fully saturated rings. The lowest BCUT2D eigenvalue weighted by Gasteiger charge is -2.44. The minimum Gasteiger partial charge on any atom is -0.490 e. The number of nitrogens with zero attached hydrogens (tertiary/aromatic N) is 1. The van der Waals surface area contributed by atoms with Crippen molar-refractivity contribution in [1.29, 1.82) is 0 Å². The lowest BCUT2D eigenvalue weighted by molar-refractivity contribution is -0.148. The van der Waals surface area contributed by atoms with Gasteiger partial charge in [0.25, 0.3) is 5.91 Å². The fourth-order valence-corrected chi connectivity index (χ4v) is 9.48. The molecule has 0 unspecified atom stereocenters. The predicted octanol–water partition coefficient (Wildman–Crippen LogP) is 6.70. The third-order valence-electron chi connectivity index (χ3n) is 11.3. The van der Waals surface area contributed by atoms with Crippen LogP contribution in [-0.4, -0.2) is 51.8 Å². The molecular formula is C37H47ClN2O6S. The van der Waals surface area contributed by atoms with E-state index in [-0.39, 0.29) is 35.4 Å². The molecule has 2 aromatic rings. The Balaban J connectivity index is 1.40. The maximum Gasteiger partial charge on any atom is 0.309 e. The fraction of sp³-hybridized carbons (Fsp3) is 0.568. The number of carbonyl (C=O) groups is 2. The number of sulfonamides is 1. The van der Waals surface area contributed by atoms with E-state index in [0.29, 0.717) is 37.2 Å². The average Bonchev–Trinajstić information content (AvgIpc) is 3.18. The molecule has 254 valence electrons. The van der Waals surface area contributed by atoms with Crippen LogP contribution >= 0.6 is 11.6 Å². The summed E-state index contributed by atoms with van der Waals surface area (Å²) in [6.45, 7) is 9.41. The summed E-state index contributed by atoms with van der Waals surface area (Å²) < 4.78 is 41.4. The first-order valence-corrected chi connectivity index (χ1v) is 19.0. The number of aryl methyl sites for hydroxylation is 1. The van der Waals surface area contributed by atoms with Crippen molar-refractivity contribution in [1.82, 2.24) is 4.72 Å². The van der Waals surface area contributed by atoms with E-state index >= 15 is 0 Å². The average molecular weight is 683 g/mol. The second kappa shape index (κ2) is 13.5. The molecule has 2 aromatic carbocycles. The van der Waals surface area contributed by atoms with Crippen LogP contribution in [0.4, 0.5) is 5.69 Å². The van der Waals surface area contributed by atoms with Gasteiger partial charge in [-0.15, -0.1) is 0 Å². The van der Waals surface area contributed by atoms with Crippen molar-refractivity contribution in [2.24, 2.45) is 29.6 Å². The first-order chi connectivity index (χ1) is 22.4. The summed E-state index contributed by atoms with van der Waals surface area (Å²) in [4.78, 5) is 28.8. The van der Waals surface area contributed by atoms with E-state index in [9.17, 15) is 18.0 Å². The molecule has 6 rings (SSSR count). The van der Waals surface area contributed by atoms with E-state index in [1.165, 1.54) is 11.1 Å². The number of hydrogen-bond donors (Lipinski definition) is 1. The summed E-state index contributed by atoms with van der Waals surface area (Å²) in [5.74, 6) is -0.503.